The maximum absolute atomic E-state index is 6.07. The largest absolute Gasteiger partial charge is 0.481 e. The molecule has 2 rings (SSSR count). The molecule has 1 aromatic heterocycles. The van der Waals surface area contributed by atoms with Crippen molar-refractivity contribution < 1.29 is 9.47 Å². The normalized spacial score (nSPS) is 21.2. The van der Waals surface area contributed by atoms with Crippen LogP contribution in [0.15, 0.2) is 12.1 Å². The monoisotopic (exact) mass is 265 g/mol. The number of aromatic nitrogens is 1. The molecule has 19 heavy (non-hydrogen) atoms. The van der Waals surface area contributed by atoms with Crippen molar-refractivity contribution in [3.05, 3.63) is 12.1 Å². The van der Waals surface area contributed by atoms with Crippen LogP contribution in [-0.2, 0) is 4.74 Å². The second kappa shape index (κ2) is 4.56. The standard InChI is InChI=1S/C14H23N3O2/c1-13(2)8-17(9-14(3,4)19-13)12-10(15)6-7-11(16-12)18-5/h6-7H,8-9,15H2,1-5H3. The number of pyridine rings is 1. The van der Waals surface area contributed by atoms with E-state index < -0.39 is 0 Å². The SMILES string of the molecule is COc1ccc(N)c(N2CC(C)(C)OC(C)(C)C2)n1. The number of rotatable bonds is 2. The molecule has 0 bridgehead atoms. The molecule has 0 amide bonds. The van der Waals surface area contributed by atoms with Crippen LogP contribution in [0.4, 0.5) is 11.5 Å². The zero-order valence-electron chi connectivity index (χ0n) is 12.4. The molecule has 5 heteroatoms. The Balaban J connectivity index is 2.35. The third-order valence-corrected chi connectivity index (χ3v) is 3.08. The van der Waals surface area contributed by atoms with Crippen LogP contribution in [0.5, 0.6) is 5.88 Å². The molecule has 2 heterocycles. The molecule has 0 atom stereocenters. The molecular weight excluding hydrogens is 242 g/mol. The molecule has 0 radical (unpaired) electrons. The highest BCUT2D eigenvalue weighted by atomic mass is 16.5. The summed E-state index contributed by atoms with van der Waals surface area (Å²) < 4.78 is 11.2. The zero-order chi connectivity index (χ0) is 14.3. The molecule has 1 fully saturated rings. The van der Waals surface area contributed by atoms with Gasteiger partial charge >= 0.3 is 0 Å². The van der Waals surface area contributed by atoms with Gasteiger partial charge in [-0.05, 0) is 33.8 Å². The molecule has 1 aromatic rings. The summed E-state index contributed by atoms with van der Waals surface area (Å²) in [4.78, 5) is 6.64. The van der Waals surface area contributed by atoms with Gasteiger partial charge in [0.1, 0.15) is 0 Å². The van der Waals surface area contributed by atoms with Gasteiger partial charge in [-0.25, -0.2) is 0 Å². The molecule has 2 N–H and O–H groups in total. The van der Waals surface area contributed by atoms with Crippen molar-refractivity contribution >= 4 is 11.5 Å². The van der Waals surface area contributed by atoms with Crippen molar-refractivity contribution in [3.63, 3.8) is 0 Å². The van der Waals surface area contributed by atoms with Crippen LogP contribution in [-0.4, -0.2) is 36.4 Å². The summed E-state index contributed by atoms with van der Waals surface area (Å²) in [7, 11) is 1.61. The van der Waals surface area contributed by atoms with Gasteiger partial charge < -0.3 is 20.1 Å². The fourth-order valence-electron chi connectivity index (χ4n) is 2.75. The molecule has 0 aliphatic carbocycles. The second-order valence-corrected chi connectivity index (χ2v) is 6.24. The summed E-state index contributed by atoms with van der Waals surface area (Å²) in [6.07, 6.45) is 0. The number of morpholine rings is 1. The summed E-state index contributed by atoms with van der Waals surface area (Å²) in [6, 6.07) is 3.60. The van der Waals surface area contributed by atoms with Crippen molar-refractivity contribution in [2.75, 3.05) is 30.8 Å². The Bertz CT molecular complexity index is 456. The summed E-state index contributed by atoms with van der Waals surface area (Å²) in [5.41, 5.74) is 6.24. The minimum atomic E-state index is -0.237. The van der Waals surface area contributed by atoms with E-state index >= 15 is 0 Å². The zero-order valence-corrected chi connectivity index (χ0v) is 12.4. The van der Waals surface area contributed by atoms with Crippen molar-refractivity contribution in [3.8, 4) is 5.88 Å². The van der Waals surface area contributed by atoms with E-state index in [0.29, 0.717) is 11.6 Å². The lowest BCUT2D eigenvalue weighted by Crippen LogP contribution is -2.57. The van der Waals surface area contributed by atoms with Crippen LogP contribution in [0, 0.1) is 0 Å². The summed E-state index contributed by atoms with van der Waals surface area (Å²) >= 11 is 0. The topological polar surface area (TPSA) is 60.6 Å². The average Bonchev–Trinajstić information content (AvgIpc) is 2.25. The van der Waals surface area contributed by atoms with E-state index in [1.165, 1.54) is 0 Å². The number of nitrogens with zero attached hydrogens (tertiary/aromatic N) is 2. The highest BCUT2D eigenvalue weighted by Crippen LogP contribution is 2.33. The van der Waals surface area contributed by atoms with E-state index in [9.17, 15) is 0 Å². The lowest BCUT2D eigenvalue weighted by molar-refractivity contribution is -0.133. The first-order chi connectivity index (χ1) is 8.72. The van der Waals surface area contributed by atoms with E-state index in [4.69, 9.17) is 15.2 Å². The Morgan fingerprint density at radius 2 is 1.79 bits per heavy atom. The number of anilines is 2. The predicted octanol–water partition coefficient (Wildman–Crippen LogP) is 2.07. The fourth-order valence-corrected chi connectivity index (χ4v) is 2.75. The first kappa shape index (κ1) is 13.9. The summed E-state index contributed by atoms with van der Waals surface area (Å²) in [5, 5.41) is 0. The van der Waals surface area contributed by atoms with E-state index in [1.807, 2.05) is 6.07 Å². The molecule has 1 saturated heterocycles. The molecular formula is C14H23N3O2. The Labute approximate surface area is 114 Å². The number of hydrogen-bond acceptors (Lipinski definition) is 5. The van der Waals surface area contributed by atoms with Crippen molar-refractivity contribution in [2.24, 2.45) is 0 Å². The van der Waals surface area contributed by atoms with Crippen LogP contribution in [0.1, 0.15) is 27.7 Å². The van der Waals surface area contributed by atoms with Gasteiger partial charge in [0.25, 0.3) is 0 Å². The van der Waals surface area contributed by atoms with Gasteiger partial charge in [-0.2, -0.15) is 4.98 Å². The minimum absolute atomic E-state index is 0.237. The molecule has 0 unspecified atom stereocenters. The molecule has 1 aliphatic heterocycles. The minimum Gasteiger partial charge on any atom is -0.481 e. The summed E-state index contributed by atoms with van der Waals surface area (Å²) in [5.74, 6) is 1.34. The number of ether oxygens (including phenoxy) is 2. The van der Waals surface area contributed by atoms with Crippen LogP contribution in [0.25, 0.3) is 0 Å². The van der Waals surface area contributed by atoms with Gasteiger partial charge in [0.2, 0.25) is 5.88 Å². The van der Waals surface area contributed by atoms with Gasteiger partial charge in [0, 0.05) is 19.2 Å². The number of nitrogen functional groups attached to an aromatic ring is 1. The van der Waals surface area contributed by atoms with E-state index in [1.54, 1.807) is 13.2 Å². The lowest BCUT2D eigenvalue weighted by atomic mass is 9.99. The Morgan fingerprint density at radius 1 is 1.21 bits per heavy atom. The van der Waals surface area contributed by atoms with Crippen LogP contribution in [0.3, 0.4) is 0 Å². The quantitative estimate of drug-likeness (QED) is 0.887. The molecule has 0 aromatic carbocycles. The first-order valence-corrected chi connectivity index (χ1v) is 6.48. The fraction of sp³-hybridized carbons (Fsp3) is 0.643. The first-order valence-electron chi connectivity index (χ1n) is 6.48. The van der Waals surface area contributed by atoms with Crippen molar-refractivity contribution in [1.29, 1.82) is 0 Å². The Hall–Kier alpha value is -1.49. The van der Waals surface area contributed by atoms with Gasteiger partial charge in [0.05, 0.1) is 24.0 Å². The van der Waals surface area contributed by atoms with Gasteiger partial charge in [0.15, 0.2) is 5.82 Å². The van der Waals surface area contributed by atoms with Gasteiger partial charge in [-0.15, -0.1) is 0 Å². The van der Waals surface area contributed by atoms with Gasteiger partial charge in [-0.3, -0.25) is 0 Å². The Kier molecular flexibility index (Phi) is 3.34. The third-order valence-electron chi connectivity index (χ3n) is 3.08. The summed E-state index contributed by atoms with van der Waals surface area (Å²) in [6.45, 7) is 9.82. The third kappa shape index (κ3) is 3.10. The van der Waals surface area contributed by atoms with Crippen LogP contribution >= 0.6 is 0 Å². The maximum atomic E-state index is 6.07. The molecule has 5 nitrogen and oxygen atoms in total. The molecule has 0 spiro atoms. The van der Waals surface area contributed by atoms with Crippen LogP contribution < -0.4 is 15.4 Å². The van der Waals surface area contributed by atoms with Crippen molar-refractivity contribution in [1.82, 2.24) is 4.98 Å². The number of hydrogen-bond donors (Lipinski definition) is 1. The molecule has 106 valence electrons. The predicted molar refractivity (Wildman–Crippen MR) is 76.7 cm³/mol. The number of methoxy groups -OCH3 is 1. The molecule has 0 saturated carbocycles. The van der Waals surface area contributed by atoms with Gasteiger partial charge in [-0.1, -0.05) is 0 Å². The molecule has 1 aliphatic rings. The van der Waals surface area contributed by atoms with Crippen molar-refractivity contribution in [2.45, 2.75) is 38.9 Å². The average molecular weight is 265 g/mol. The highest BCUT2D eigenvalue weighted by Gasteiger charge is 2.39. The van der Waals surface area contributed by atoms with E-state index in [-0.39, 0.29) is 11.2 Å². The smallest absolute Gasteiger partial charge is 0.215 e. The highest BCUT2D eigenvalue weighted by molar-refractivity contribution is 5.64. The second-order valence-electron chi connectivity index (χ2n) is 6.24. The lowest BCUT2D eigenvalue weighted by Gasteiger charge is -2.47. The van der Waals surface area contributed by atoms with Crippen LogP contribution in [0.2, 0.25) is 0 Å². The Morgan fingerprint density at radius 3 is 2.32 bits per heavy atom. The maximum Gasteiger partial charge on any atom is 0.215 e. The van der Waals surface area contributed by atoms with E-state index in [0.717, 1.165) is 18.9 Å². The number of nitrogens with two attached hydrogens (primary N) is 1. The van der Waals surface area contributed by atoms with E-state index in [2.05, 4.69) is 37.6 Å².